The van der Waals surface area contributed by atoms with Crippen molar-refractivity contribution >= 4 is 22.8 Å². The normalized spacial score (nSPS) is 10.9. The fourth-order valence-electron chi connectivity index (χ4n) is 3.24. The molecule has 4 aromatic rings. The van der Waals surface area contributed by atoms with Gasteiger partial charge in [0.25, 0.3) is 0 Å². The van der Waals surface area contributed by atoms with Crippen LogP contribution in [0.4, 0.5) is 5.69 Å². The number of anilines is 1. The fourth-order valence-corrected chi connectivity index (χ4v) is 3.24. The number of carbonyl (C=O) groups excluding carboxylic acids is 1. The second-order valence-electron chi connectivity index (χ2n) is 6.85. The summed E-state index contributed by atoms with van der Waals surface area (Å²) in [5, 5.41) is 0. The fraction of sp³-hybridized carbons (Fsp3) is 0.182. The highest BCUT2D eigenvalue weighted by atomic mass is 16.5. The molecule has 0 atom stereocenters. The Labute approximate surface area is 173 Å². The molecule has 0 saturated carbocycles. The number of rotatable bonds is 5. The highest BCUT2D eigenvalue weighted by Crippen LogP contribution is 2.20. The first kappa shape index (κ1) is 19.4. The Bertz CT molecular complexity index is 1260. The smallest absolute Gasteiger partial charge is 0.330 e. The van der Waals surface area contributed by atoms with Crippen LogP contribution in [0.3, 0.4) is 0 Å². The SMILES string of the molecule is COc1ccc(N(C)C(=O)Cn2c(=O)n(C)c3cnc(-c4ccccc4)nc32)cc1. The number of ether oxygens (including phenoxy) is 1. The van der Waals surface area contributed by atoms with E-state index in [2.05, 4.69) is 9.97 Å². The Morgan fingerprint density at radius 3 is 2.47 bits per heavy atom. The molecule has 2 aromatic heterocycles. The molecule has 0 aliphatic rings. The number of nitrogens with zero attached hydrogens (tertiary/aromatic N) is 5. The molecule has 0 N–H and O–H groups in total. The second-order valence-corrected chi connectivity index (χ2v) is 6.85. The first-order valence-electron chi connectivity index (χ1n) is 9.38. The largest absolute Gasteiger partial charge is 0.497 e. The molecule has 152 valence electrons. The van der Waals surface area contributed by atoms with E-state index in [0.717, 1.165) is 5.56 Å². The standard InChI is InChI=1S/C22H21N5O3/c1-25(16-9-11-17(30-3)12-10-16)19(28)14-27-21-18(26(2)22(27)29)13-23-20(24-21)15-7-5-4-6-8-15/h4-13H,14H2,1-3H3. The molecule has 0 spiro atoms. The van der Waals surface area contributed by atoms with Crippen molar-refractivity contribution in [2.45, 2.75) is 6.54 Å². The lowest BCUT2D eigenvalue weighted by atomic mass is 10.2. The summed E-state index contributed by atoms with van der Waals surface area (Å²) in [5.74, 6) is 0.961. The summed E-state index contributed by atoms with van der Waals surface area (Å²) in [5.41, 5.74) is 2.21. The summed E-state index contributed by atoms with van der Waals surface area (Å²) >= 11 is 0. The maximum atomic E-state index is 12.9. The Hall–Kier alpha value is -3.94. The molecule has 4 rings (SSSR count). The lowest BCUT2D eigenvalue weighted by molar-refractivity contribution is -0.118. The molecule has 0 unspecified atom stereocenters. The number of fused-ring (bicyclic) bond motifs is 1. The zero-order valence-electron chi connectivity index (χ0n) is 16.9. The van der Waals surface area contributed by atoms with E-state index in [-0.39, 0.29) is 18.1 Å². The summed E-state index contributed by atoms with van der Waals surface area (Å²) in [7, 11) is 4.90. The number of carbonyl (C=O) groups is 1. The molecular weight excluding hydrogens is 382 g/mol. The van der Waals surface area contributed by atoms with E-state index in [4.69, 9.17) is 4.74 Å². The van der Waals surface area contributed by atoms with Gasteiger partial charge in [-0.2, -0.15) is 0 Å². The van der Waals surface area contributed by atoms with Crippen LogP contribution >= 0.6 is 0 Å². The molecule has 0 aliphatic heterocycles. The summed E-state index contributed by atoms with van der Waals surface area (Å²) in [4.78, 5) is 36.2. The van der Waals surface area contributed by atoms with Gasteiger partial charge in [0, 0.05) is 25.3 Å². The van der Waals surface area contributed by atoms with Crippen LogP contribution in [0.2, 0.25) is 0 Å². The number of likely N-dealkylation sites (N-methyl/N-ethyl adjacent to an activating group) is 1. The minimum absolute atomic E-state index is 0.135. The Balaban J connectivity index is 1.69. The van der Waals surface area contributed by atoms with Crippen molar-refractivity contribution in [1.82, 2.24) is 19.1 Å². The number of hydrogen-bond acceptors (Lipinski definition) is 5. The average Bonchev–Trinajstić information content (AvgIpc) is 3.03. The van der Waals surface area contributed by atoms with Gasteiger partial charge in [-0.1, -0.05) is 30.3 Å². The van der Waals surface area contributed by atoms with Gasteiger partial charge in [-0.3, -0.25) is 13.9 Å². The van der Waals surface area contributed by atoms with Gasteiger partial charge >= 0.3 is 5.69 Å². The van der Waals surface area contributed by atoms with Crippen molar-refractivity contribution in [3.8, 4) is 17.1 Å². The zero-order valence-corrected chi connectivity index (χ0v) is 16.9. The van der Waals surface area contributed by atoms with Gasteiger partial charge in [-0.25, -0.2) is 14.8 Å². The van der Waals surface area contributed by atoms with Crippen molar-refractivity contribution in [2.24, 2.45) is 7.05 Å². The number of imidazole rings is 1. The van der Waals surface area contributed by atoms with Crippen molar-refractivity contribution in [1.29, 1.82) is 0 Å². The molecule has 0 saturated heterocycles. The average molecular weight is 403 g/mol. The van der Waals surface area contributed by atoms with Gasteiger partial charge in [0.05, 0.1) is 13.3 Å². The van der Waals surface area contributed by atoms with Crippen LogP contribution in [-0.2, 0) is 18.4 Å². The summed E-state index contributed by atoms with van der Waals surface area (Å²) < 4.78 is 7.98. The predicted octanol–water partition coefficient (Wildman–Crippen LogP) is 2.47. The van der Waals surface area contributed by atoms with Gasteiger partial charge in [0.1, 0.15) is 17.8 Å². The Morgan fingerprint density at radius 2 is 1.80 bits per heavy atom. The van der Waals surface area contributed by atoms with E-state index in [9.17, 15) is 9.59 Å². The third kappa shape index (κ3) is 3.43. The number of aromatic nitrogens is 4. The molecule has 0 bridgehead atoms. The first-order chi connectivity index (χ1) is 14.5. The van der Waals surface area contributed by atoms with Gasteiger partial charge < -0.3 is 9.64 Å². The van der Waals surface area contributed by atoms with Crippen molar-refractivity contribution in [2.75, 3.05) is 19.1 Å². The molecule has 0 radical (unpaired) electrons. The van der Waals surface area contributed by atoms with Crippen LogP contribution in [0.25, 0.3) is 22.6 Å². The maximum Gasteiger partial charge on any atom is 0.330 e. The van der Waals surface area contributed by atoms with Crippen LogP contribution in [-0.4, -0.2) is 39.2 Å². The minimum atomic E-state index is -0.319. The first-order valence-corrected chi connectivity index (χ1v) is 9.38. The van der Waals surface area contributed by atoms with Gasteiger partial charge in [-0.15, -0.1) is 0 Å². The Kier molecular flexibility index (Phi) is 5.05. The third-order valence-corrected chi connectivity index (χ3v) is 5.04. The van der Waals surface area contributed by atoms with E-state index >= 15 is 0 Å². The van der Waals surface area contributed by atoms with Crippen LogP contribution in [0.1, 0.15) is 0 Å². The number of benzene rings is 2. The van der Waals surface area contributed by atoms with Gasteiger partial charge in [-0.05, 0) is 24.3 Å². The van der Waals surface area contributed by atoms with Crippen molar-refractivity contribution in [3.63, 3.8) is 0 Å². The molecule has 30 heavy (non-hydrogen) atoms. The van der Waals surface area contributed by atoms with E-state index in [1.165, 1.54) is 14.0 Å². The highest BCUT2D eigenvalue weighted by molar-refractivity contribution is 5.93. The number of methoxy groups -OCH3 is 1. The van der Waals surface area contributed by atoms with E-state index in [1.807, 2.05) is 30.3 Å². The zero-order chi connectivity index (χ0) is 21.3. The third-order valence-electron chi connectivity index (χ3n) is 5.04. The second kappa shape index (κ2) is 7.82. The van der Waals surface area contributed by atoms with Crippen LogP contribution in [0.15, 0.2) is 65.6 Å². The van der Waals surface area contributed by atoms with Gasteiger partial charge in [0.15, 0.2) is 11.5 Å². The molecule has 1 amide bonds. The van der Waals surface area contributed by atoms with Crippen LogP contribution in [0.5, 0.6) is 5.75 Å². The number of amides is 1. The lowest BCUT2D eigenvalue weighted by Crippen LogP contribution is -2.34. The van der Waals surface area contributed by atoms with Gasteiger partial charge in [0.2, 0.25) is 5.91 Å². The van der Waals surface area contributed by atoms with E-state index < -0.39 is 0 Å². The Morgan fingerprint density at radius 1 is 1.10 bits per heavy atom. The summed E-state index contributed by atoms with van der Waals surface area (Å²) in [6.45, 7) is -0.135. The molecule has 8 nitrogen and oxygen atoms in total. The molecule has 0 aliphatic carbocycles. The number of aryl methyl sites for hydroxylation is 1. The van der Waals surface area contributed by atoms with Crippen LogP contribution < -0.4 is 15.3 Å². The summed E-state index contributed by atoms with van der Waals surface area (Å²) in [6, 6.07) is 16.6. The monoisotopic (exact) mass is 403 g/mol. The molecular formula is C22H21N5O3. The van der Waals surface area contributed by atoms with E-state index in [1.54, 1.807) is 51.7 Å². The molecule has 0 fully saturated rings. The topological polar surface area (TPSA) is 82.2 Å². The minimum Gasteiger partial charge on any atom is -0.497 e. The van der Waals surface area contributed by atoms with E-state index in [0.29, 0.717) is 28.4 Å². The summed E-state index contributed by atoms with van der Waals surface area (Å²) in [6.07, 6.45) is 1.61. The molecule has 2 aromatic carbocycles. The van der Waals surface area contributed by atoms with Crippen molar-refractivity contribution < 1.29 is 9.53 Å². The van der Waals surface area contributed by atoms with Crippen molar-refractivity contribution in [3.05, 3.63) is 71.3 Å². The molecule has 2 heterocycles. The highest BCUT2D eigenvalue weighted by Gasteiger charge is 2.19. The number of hydrogen-bond donors (Lipinski definition) is 0. The maximum absolute atomic E-state index is 12.9. The lowest BCUT2D eigenvalue weighted by Gasteiger charge is -2.18. The molecule has 8 heteroatoms. The quantitative estimate of drug-likeness (QED) is 0.511. The predicted molar refractivity (Wildman–Crippen MR) is 115 cm³/mol. The van der Waals surface area contributed by atoms with Crippen LogP contribution in [0, 0.1) is 0 Å².